The van der Waals surface area contributed by atoms with Gasteiger partial charge >= 0.3 is 0 Å². The lowest BCUT2D eigenvalue weighted by molar-refractivity contribution is 0.420. The highest BCUT2D eigenvalue weighted by Gasteiger charge is 2.13. The summed E-state index contributed by atoms with van der Waals surface area (Å²) < 4.78 is 8.51. The first-order chi connectivity index (χ1) is 14.6. The van der Waals surface area contributed by atoms with Gasteiger partial charge in [-0.15, -0.1) is 0 Å². The summed E-state index contributed by atoms with van der Waals surface area (Å²) in [7, 11) is 0. The fraction of sp³-hybridized carbons (Fsp3) is 0.130. The third-order valence-corrected chi connectivity index (χ3v) is 5.07. The lowest BCUT2D eigenvalue weighted by atomic mass is 10.0. The van der Waals surface area contributed by atoms with E-state index in [1.807, 2.05) is 50.2 Å². The Balaban J connectivity index is 1.49. The van der Waals surface area contributed by atoms with Gasteiger partial charge in [-0.05, 0) is 43.7 Å². The molecule has 2 aromatic carbocycles. The quantitative estimate of drug-likeness (QED) is 0.460. The van der Waals surface area contributed by atoms with Crippen molar-refractivity contribution in [1.29, 1.82) is 0 Å². The predicted molar refractivity (Wildman–Crippen MR) is 113 cm³/mol. The molecule has 0 aliphatic carbocycles. The number of nitrogens with zero attached hydrogens (tertiary/aromatic N) is 5. The molecule has 0 radical (unpaired) electrons. The largest absolute Gasteiger partial charge is 0.334 e. The molecule has 0 aliphatic rings. The Bertz CT molecular complexity index is 1410. The minimum Gasteiger partial charge on any atom is -0.334 e. The van der Waals surface area contributed by atoms with Crippen LogP contribution in [0.3, 0.4) is 0 Å². The van der Waals surface area contributed by atoms with Crippen molar-refractivity contribution in [3.8, 4) is 22.7 Å². The molecule has 0 aliphatic heterocycles. The number of fused-ring (bicyclic) bond motifs is 1. The number of rotatable bonds is 4. The summed E-state index contributed by atoms with van der Waals surface area (Å²) in [6.45, 7) is 4.30. The number of hydrogen-bond donors (Lipinski definition) is 0. The molecule has 3 aromatic heterocycles. The molecule has 0 N–H and O–H groups in total. The van der Waals surface area contributed by atoms with Crippen LogP contribution in [0.1, 0.15) is 17.0 Å². The number of hydrogen-bond acceptors (Lipinski definition) is 5. The van der Waals surface area contributed by atoms with E-state index in [4.69, 9.17) is 4.52 Å². The van der Waals surface area contributed by atoms with E-state index in [0.717, 1.165) is 27.9 Å². The summed E-state index contributed by atoms with van der Waals surface area (Å²) >= 11 is 0. The minimum atomic E-state index is -0.160. The van der Waals surface area contributed by atoms with Gasteiger partial charge in [0.2, 0.25) is 0 Å². The zero-order valence-electron chi connectivity index (χ0n) is 16.6. The first-order valence-electron chi connectivity index (χ1n) is 9.63. The fourth-order valence-electron chi connectivity index (χ4n) is 3.46. The lowest BCUT2D eigenvalue weighted by Gasteiger charge is -2.03. The monoisotopic (exact) mass is 397 g/mol. The van der Waals surface area contributed by atoms with E-state index in [1.54, 1.807) is 21.5 Å². The van der Waals surface area contributed by atoms with Crippen LogP contribution in [-0.4, -0.2) is 24.3 Å². The lowest BCUT2D eigenvalue weighted by Crippen LogP contribution is -2.22. The third-order valence-electron chi connectivity index (χ3n) is 5.07. The van der Waals surface area contributed by atoms with Crippen molar-refractivity contribution in [1.82, 2.24) is 24.3 Å². The molecule has 0 saturated heterocycles. The van der Waals surface area contributed by atoms with Gasteiger partial charge in [0.05, 0.1) is 12.2 Å². The van der Waals surface area contributed by atoms with Crippen LogP contribution in [0.25, 0.3) is 28.2 Å². The molecule has 0 fully saturated rings. The van der Waals surface area contributed by atoms with E-state index in [0.29, 0.717) is 17.2 Å². The maximum absolute atomic E-state index is 13.0. The maximum Gasteiger partial charge on any atom is 0.277 e. The number of aryl methyl sites for hydroxylation is 2. The van der Waals surface area contributed by atoms with Crippen molar-refractivity contribution in [3.63, 3.8) is 0 Å². The van der Waals surface area contributed by atoms with Crippen LogP contribution in [0.5, 0.6) is 0 Å². The molecule has 7 heteroatoms. The van der Waals surface area contributed by atoms with Crippen molar-refractivity contribution in [2.45, 2.75) is 20.4 Å². The Kier molecular flexibility index (Phi) is 4.28. The van der Waals surface area contributed by atoms with E-state index in [1.165, 1.54) is 0 Å². The van der Waals surface area contributed by atoms with Crippen molar-refractivity contribution >= 4 is 5.52 Å². The molecular weight excluding hydrogens is 378 g/mol. The smallest absolute Gasteiger partial charge is 0.277 e. The second-order valence-corrected chi connectivity index (χ2v) is 7.29. The Morgan fingerprint density at radius 1 is 1.00 bits per heavy atom. The van der Waals surface area contributed by atoms with Gasteiger partial charge < -0.3 is 9.09 Å². The molecule has 0 saturated carbocycles. The van der Waals surface area contributed by atoms with Gasteiger partial charge in [-0.25, -0.2) is 4.52 Å². The zero-order chi connectivity index (χ0) is 20.7. The highest BCUT2D eigenvalue weighted by molar-refractivity contribution is 5.69. The first kappa shape index (κ1) is 18.1. The second-order valence-electron chi connectivity index (χ2n) is 7.29. The van der Waals surface area contributed by atoms with E-state index < -0.39 is 0 Å². The van der Waals surface area contributed by atoms with Crippen molar-refractivity contribution < 1.29 is 4.52 Å². The van der Waals surface area contributed by atoms with E-state index >= 15 is 0 Å². The van der Waals surface area contributed by atoms with Crippen molar-refractivity contribution in [2.75, 3.05) is 0 Å². The van der Waals surface area contributed by atoms with Gasteiger partial charge in [0, 0.05) is 23.5 Å². The minimum absolute atomic E-state index is 0.160. The molecule has 30 heavy (non-hydrogen) atoms. The van der Waals surface area contributed by atoms with Gasteiger partial charge in [0.15, 0.2) is 5.82 Å². The SMILES string of the molecule is Cc1ccc(C)c(-c2cc3c(=O)n(Cc4noc(-c5ccccc5)n4)ccn3n2)c1. The topological polar surface area (TPSA) is 78.2 Å². The molecular formula is C23H19N5O2. The molecule has 0 unspecified atom stereocenters. The molecule has 0 spiro atoms. The van der Waals surface area contributed by atoms with E-state index in [-0.39, 0.29) is 12.1 Å². The van der Waals surface area contributed by atoms with Crippen LogP contribution in [-0.2, 0) is 6.54 Å². The Labute approximate surface area is 172 Å². The molecule has 3 heterocycles. The van der Waals surface area contributed by atoms with Gasteiger partial charge in [0.25, 0.3) is 11.4 Å². The number of aromatic nitrogens is 5. The second kappa shape index (κ2) is 7.11. The molecule has 0 bridgehead atoms. The Hall–Kier alpha value is -4.00. The molecule has 5 aromatic rings. The van der Waals surface area contributed by atoms with Crippen LogP contribution in [0, 0.1) is 13.8 Å². The first-order valence-corrected chi connectivity index (χ1v) is 9.63. The maximum atomic E-state index is 13.0. The van der Waals surface area contributed by atoms with Crippen molar-refractivity contribution in [2.24, 2.45) is 0 Å². The molecule has 148 valence electrons. The summed E-state index contributed by atoms with van der Waals surface area (Å²) in [5.74, 6) is 0.871. The Morgan fingerprint density at radius 2 is 1.83 bits per heavy atom. The number of benzene rings is 2. The standard InChI is InChI=1S/C23H19N5O2/c1-15-8-9-16(2)18(12-15)19-13-20-23(29)27(10-11-28(20)25-19)14-21-24-22(30-26-21)17-6-4-3-5-7-17/h3-13H,14H2,1-2H3. The average Bonchev–Trinajstić information content (AvgIpc) is 3.40. The third kappa shape index (κ3) is 3.20. The van der Waals surface area contributed by atoms with E-state index in [9.17, 15) is 4.79 Å². The zero-order valence-corrected chi connectivity index (χ0v) is 16.6. The van der Waals surface area contributed by atoms with Crippen molar-refractivity contribution in [3.05, 3.63) is 94.3 Å². The molecule has 0 amide bonds. The summed E-state index contributed by atoms with van der Waals surface area (Å²) in [6.07, 6.45) is 3.46. The van der Waals surface area contributed by atoms with Crippen LogP contribution in [0.2, 0.25) is 0 Å². The van der Waals surface area contributed by atoms with Crippen LogP contribution < -0.4 is 5.56 Å². The summed E-state index contributed by atoms with van der Waals surface area (Å²) in [5, 5.41) is 8.61. The van der Waals surface area contributed by atoms with Gasteiger partial charge in [0.1, 0.15) is 5.52 Å². The molecule has 5 rings (SSSR count). The highest BCUT2D eigenvalue weighted by atomic mass is 16.5. The summed E-state index contributed by atoms with van der Waals surface area (Å²) in [6, 6.07) is 17.6. The summed E-state index contributed by atoms with van der Waals surface area (Å²) in [4.78, 5) is 17.4. The normalized spacial score (nSPS) is 11.3. The molecule has 7 nitrogen and oxygen atoms in total. The Morgan fingerprint density at radius 3 is 2.67 bits per heavy atom. The van der Waals surface area contributed by atoms with Gasteiger partial charge in [-0.1, -0.05) is 41.1 Å². The predicted octanol–water partition coefficient (Wildman–Crippen LogP) is 3.88. The van der Waals surface area contributed by atoms with Gasteiger partial charge in [-0.2, -0.15) is 10.1 Å². The van der Waals surface area contributed by atoms with E-state index in [2.05, 4.69) is 33.4 Å². The average molecular weight is 397 g/mol. The highest BCUT2D eigenvalue weighted by Crippen LogP contribution is 2.24. The van der Waals surface area contributed by atoms with Crippen LogP contribution in [0.15, 0.2) is 76.3 Å². The fourth-order valence-corrected chi connectivity index (χ4v) is 3.46. The molecule has 0 atom stereocenters. The van der Waals surface area contributed by atoms with Crippen LogP contribution >= 0.6 is 0 Å². The van der Waals surface area contributed by atoms with Gasteiger partial charge in [-0.3, -0.25) is 4.79 Å². The summed E-state index contributed by atoms with van der Waals surface area (Å²) in [5.41, 5.74) is 5.24. The van der Waals surface area contributed by atoms with Crippen LogP contribution in [0.4, 0.5) is 0 Å².